The fourth-order valence-corrected chi connectivity index (χ4v) is 7.07. The van der Waals surface area contributed by atoms with Crippen LogP contribution in [0.3, 0.4) is 0 Å². The Hall–Kier alpha value is -3.38. The number of pyridine rings is 2. The fraction of sp³-hybridized carbons (Fsp3) is 0.438. The summed E-state index contributed by atoms with van der Waals surface area (Å²) in [6, 6.07) is 1.69. The Morgan fingerprint density at radius 2 is 1.86 bits per heavy atom. The molecule has 0 radical (unpaired) electrons. The first-order valence-electron chi connectivity index (χ1n) is 14.5. The summed E-state index contributed by atoms with van der Waals surface area (Å²) in [6.45, 7) is 2.40. The number of aryl methyl sites for hydroxylation is 1. The van der Waals surface area contributed by atoms with E-state index in [1.807, 2.05) is 17.5 Å². The number of rotatable bonds is 7. The maximum absolute atomic E-state index is 11.8. The van der Waals surface area contributed by atoms with Crippen LogP contribution in [-0.4, -0.2) is 36.2 Å². The second-order valence-electron chi connectivity index (χ2n) is 11.9. The number of aromatic nitrogens is 4. The minimum Gasteiger partial charge on any atom is -0.478 e. The van der Waals surface area contributed by atoms with E-state index in [0.29, 0.717) is 39.5 Å². The van der Waals surface area contributed by atoms with Crippen molar-refractivity contribution in [3.05, 3.63) is 69.0 Å². The molecule has 4 aromatic rings. The van der Waals surface area contributed by atoms with Crippen LogP contribution in [0, 0.1) is 17.3 Å². The highest BCUT2D eigenvalue weighted by Gasteiger charge is 2.49. The van der Waals surface area contributed by atoms with Crippen LogP contribution in [0.1, 0.15) is 97.1 Å². The molecular formula is C32H30Cl2N4O4. The molecule has 1 N–H and O–H groups in total. The van der Waals surface area contributed by atoms with Crippen molar-refractivity contribution < 1.29 is 19.2 Å². The molecule has 0 aliphatic heterocycles. The van der Waals surface area contributed by atoms with E-state index in [9.17, 15) is 9.90 Å². The average Bonchev–Trinajstić information content (AvgIpc) is 3.63. The molecule has 0 unspecified atom stereocenters. The molecule has 4 heterocycles. The molecular weight excluding hydrogens is 575 g/mol. The summed E-state index contributed by atoms with van der Waals surface area (Å²) in [5, 5.41) is 14.9. The highest BCUT2D eigenvalue weighted by molar-refractivity contribution is 6.38. The van der Waals surface area contributed by atoms with Crippen LogP contribution in [0.4, 0.5) is 0 Å². The smallest absolute Gasteiger partial charge is 0.339 e. The lowest BCUT2D eigenvalue weighted by molar-refractivity contribution is -0.131. The van der Waals surface area contributed by atoms with E-state index in [2.05, 4.69) is 27.0 Å². The molecule has 0 saturated heterocycles. The lowest BCUT2D eigenvalue weighted by Crippen LogP contribution is -2.47. The number of hydrogen-bond acceptors (Lipinski definition) is 6. The zero-order valence-corrected chi connectivity index (χ0v) is 24.8. The SMILES string of the molecule is CCc1cc(C(=O)O)c2ncc(C#CC34CCC(OCc5c(-c6c(Cl)cncc6Cl)noc5C5CC5)(CC3)CC4)n2c1. The van der Waals surface area contributed by atoms with Crippen LogP contribution >= 0.6 is 23.2 Å². The minimum atomic E-state index is -0.982. The van der Waals surface area contributed by atoms with Crippen molar-refractivity contribution in [2.24, 2.45) is 5.41 Å². The van der Waals surface area contributed by atoms with Gasteiger partial charge in [0, 0.05) is 41.1 Å². The number of ether oxygens (including phenoxy) is 1. The number of hydrogen-bond donors (Lipinski definition) is 1. The third-order valence-electron chi connectivity index (χ3n) is 9.31. The van der Waals surface area contributed by atoms with Gasteiger partial charge in [0.15, 0.2) is 5.65 Å². The van der Waals surface area contributed by atoms with Crippen molar-refractivity contribution in [1.29, 1.82) is 0 Å². The summed E-state index contributed by atoms with van der Waals surface area (Å²) in [5.74, 6) is 7.22. The molecule has 216 valence electrons. The topological polar surface area (TPSA) is 103 Å². The monoisotopic (exact) mass is 604 g/mol. The van der Waals surface area contributed by atoms with Gasteiger partial charge in [-0.15, -0.1) is 0 Å². The normalized spacial score (nSPS) is 23.2. The number of aromatic carboxylic acids is 1. The molecule has 8 nitrogen and oxygen atoms in total. The summed E-state index contributed by atoms with van der Waals surface area (Å²) in [5.41, 5.74) is 4.21. The molecule has 4 aliphatic rings. The van der Waals surface area contributed by atoms with Gasteiger partial charge in [-0.3, -0.25) is 9.38 Å². The highest BCUT2D eigenvalue weighted by Crippen LogP contribution is 2.54. The largest absolute Gasteiger partial charge is 0.478 e. The van der Waals surface area contributed by atoms with E-state index in [0.717, 1.165) is 80.4 Å². The number of nitrogens with zero attached hydrogens (tertiary/aromatic N) is 4. The Balaban J connectivity index is 1.10. The van der Waals surface area contributed by atoms with Crippen LogP contribution in [0.15, 0.2) is 35.4 Å². The summed E-state index contributed by atoms with van der Waals surface area (Å²) in [6.07, 6.45) is 15.3. The number of imidazole rings is 1. The van der Waals surface area contributed by atoms with Gasteiger partial charge in [-0.25, -0.2) is 9.78 Å². The molecule has 0 spiro atoms. The lowest BCUT2D eigenvalue weighted by atomic mass is 9.59. The maximum atomic E-state index is 11.8. The Morgan fingerprint density at radius 1 is 1.14 bits per heavy atom. The molecule has 2 bridgehead atoms. The molecule has 0 aromatic carbocycles. The molecule has 8 rings (SSSR count). The van der Waals surface area contributed by atoms with Crippen LogP contribution in [0.25, 0.3) is 16.9 Å². The number of carboxylic acid groups (broad SMARTS) is 1. The quantitative estimate of drug-likeness (QED) is 0.218. The maximum Gasteiger partial charge on any atom is 0.339 e. The van der Waals surface area contributed by atoms with Gasteiger partial charge in [0.25, 0.3) is 0 Å². The van der Waals surface area contributed by atoms with Crippen LogP contribution in [-0.2, 0) is 17.8 Å². The van der Waals surface area contributed by atoms with Crippen molar-refractivity contribution in [2.45, 2.75) is 82.8 Å². The number of fused-ring (bicyclic) bond motifs is 4. The van der Waals surface area contributed by atoms with Gasteiger partial charge in [-0.1, -0.05) is 41.2 Å². The fourth-order valence-electron chi connectivity index (χ4n) is 6.53. The third-order valence-corrected chi connectivity index (χ3v) is 9.89. The minimum absolute atomic E-state index is 0.0765. The van der Waals surface area contributed by atoms with Crippen LogP contribution in [0.2, 0.25) is 10.0 Å². The number of carbonyl (C=O) groups is 1. The molecule has 4 saturated carbocycles. The molecule has 4 fully saturated rings. The van der Waals surface area contributed by atoms with Gasteiger partial charge >= 0.3 is 5.97 Å². The summed E-state index contributed by atoms with van der Waals surface area (Å²) in [4.78, 5) is 20.3. The van der Waals surface area contributed by atoms with E-state index in [1.165, 1.54) is 0 Å². The number of halogens is 2. The standard InChI is InChI=1S/C32H30Cl2N4O4/c1-2-19-13-22(30(39)40)29-36-14-21(38(29)17-19)5-6-31-7-10-32(11-8-31,12-9-31)41-18-23-27(37-42-28(23)20-3-4-20)26-24(33)15-35-16-25(26)34/h13-17,20H,2-4,7-12,18H2,1H3,(H,39,40). The zero-order chi connectivity index (χ0) is 29.1. The van der Waals surface area contributed by atoms with Crippen molar-refractivity contribution in [2.75, 3.05) is 0 Å². The summed E-state index contributed by atoms with van der Waals surface area (Å²) >= 11 is 13.0. The molecule has 42 heavy (non-hydrogen) atoms. The van der Waals surface area contributed by atoms with Crippen molar-refractivity contribution in [1.82, 2.24) is 19.5 Å². The Bertz CT molecular complexity index is 1730. The second-order valence-corrected chi connectivity index (χ2v) is 12.7. The average molecular weight is 606 g/mol. The first-order chi connectivity index (χ1) is 20.3. The Kier molecular flexibility index (Phi) is 6.80. The van der Waals surface area contributed by atoms with Crippen LogP contribution in [0.5, 0.6) is 0 Å². The molecule has 4 aromatic heterocycles. The summed E-state index contributed by atoms with van der Waals surface area (Å²) in [7, 11) is 0. The van der Waals surface area contributed by atoms with Gasteiger partial charge in [-0.2, -0.15) is 0 Å². The highest BCUT2D eigenvalue weighted by atomic mass is 35.5. The summed E-state index contributed by atoms with van der Waals surface area (Å²) < 4.78 is 14.4. The third kappa shape index (κ3) is 4.78. The zero-order valence-electron chi connectivity index (χ0n) is 23.3. The predicted octanol–water partition coefficient (Wildman–Crippen LogP) is 7.49. The molecule has 4 aliphatic carbocycles. The van der Waals surface area contributed by atoms with Gasteiger partial charge in [0.1, 0.15) is 22.7 Å². The molecule has 10 heteroatoms. The van der Waals surface area contributed by atoms with E-state index in [4.69, 9.17) is 32.5 Å². The first kappa shape index (κ1) is 27.5. The van der Waals surface area contributed by atoms with Gasteiger partial charge in [-0.05, 0) is 75.3 Å². The number of carboxylic acids is 1. The molecule has 0 amide bonds. The van der Waals surface area contributed by atoms with Gasteiger partial charge in [0.05, 0.1) is 28.5 Å². The van der Waals surface area contributed by atoms with Gasteiger partial charge in [0.2, 0.25) is 0 Å². The second kappa shape index (κ2) is 10.4. The Labute approximate surface area is 253 Å². The van der Waals surface area contributed by atoms with E-state index >= 15 is 0 Å². The van der Waals surface area contributed by atoms with Gasteiger partial charge < -0.3 is 14.4 Å². The first-order valence-corrected chi connectivity index (χ1v) is 15.2. The van der Waals surface area contributed by atoms with E-state index in [-0.39, 0.29) is 16.6 Å². The lowest BCUT2D eigenvalue weighted by Gasteiger charge is -2.51. The van der Waals surface area contributed by atoms with E-state index in [1.54, 1.807) is 24.7 Å². The Morgan fingerprint density at radius 3 is 2.50 bits per heavy atom. The van der Waals surface area contributed by atoms with Crippen molar-refractivity contribution in [3.63, 3.8) is 0 Å². The predicted molar refractivity (Wildman–Crippen MR) is 158 cm³/mol. The molecule has 0 atom stereocenters. The van der Waals surface area contributed by atoms with Crippen LogP contribution < -0.4 is 0 Å². The van der Waals surface area contributed by atoms with Crippen molar-refractivity contribution >= 4 is 34.8 Å². The van der Waals surface area contributed by atoms with E-state index < -0.39 is 5.97 Å². The van der Waals surface area contributed by atoms with Crippen molar-refractivity contribution in [3.8, 4) is 23.1 Å².